The first-order valence-corrected chi connectivity index (χ1v) is 6.47. The number of carbonyl (C=O) groups excluding carboxylic acids is 1. The Labute approximate surface area is 90.4 Å². The Kier molecular flexibility index (Phi) is 6.03. The van der Waals surface area contributed by atoms with Crippen LogP contribution in [0.25, 0.3) is 0 Å². The molecule has 1 aliphatic rings. The van der Waals surface area contributed by atoms with Crippen molar-refractivity contribution in [2.75, 3.05) is 25.4 Å². The van der Waals surface area contributed by atoms with Gasteiger partial charge >= 0.3 is 0 Å². The highest BCUT2D eigenvalue weighted by Gasteiger charge is 2.15. The molecule has 0 saturated carbocycles. The Bertz CT molecular complexity index is 170. The number of amides is 1. The van der Waals surface area contributed by atoms with Crippen molar-refractivity contribution in [1.82, 2.24) is 10.6 Å². The lowest BCUT2D eigenvalue weighted by Gasteiger charge is -2.10. The first-order chi connectivity index (χ1) is 6.83. The maximum absolute atomic E-state index is 11.3. The number of rotatable bonds is 6. The predicted molar refractivity (Wildman–Crippen MR) is 61.7 cm³/mol. The summed E-state index contributed by atoms with van der Waals surface area (Å²) >= 11 is 1.98. The van der Waals surface area contributed by atoms with Crippen LogP contribution in [-0.4, -0.2) is 36.5 Å². The van der Waals surface area contributed by atoms with Gasteiger partial charge in [-0.3, -0.25) is 4.79 Å². The van der Waals surface area contributed by atoms with Gasteiger partial charge in [-0.25, -0.2) is 0 Å². The first kappa shape index (κ1) is 11.9. The van der Waals surface area contributed by atoms with Crippen LogP contribution in [0.4, 0.5) is 0 Å². The fraction of sp³-hybridized carbons (Fsp3) is 0.900. The van der Waals surface area contributed by atoms with Crippen LogP contribution in [0, 0.1) is 0 Å². The highest BCUT2D eigenvalue weighted by atomic mass is 32.2. The highest BCUT2D eigenvalue weighted by Crippen LogP contribution is 2.24. The minimum atomic E-state index is 0.131. The van der Waals surface area contributed by atoms with E-state index in [1.807, 2.05) is 11.8 Å². The fourth-order valence-corrected chi connectivity index (χ4v) is 2.68. The molecule has 3 nitrogen and oxygen atoms in total. The van der Waals surface area contributed by atoms with Crippen molar-refractivity contribution in [3.8, 4) is 0 Å². The molecule has 0 aliphatic carbocycles. The number of hydrogen-bond acceptors (Lipinski definition) is 3. The SMILES string of the molecule is CCCNCC(=O)NCC1CCCS1. The van der Waals surface area contributed by atoms with Crippen molar-refractivity contribution < 1.29 is 4.79 Å². The van der Waals surface area contributed by atoms with E-state index in [0.29, 0.717) is 11.8 Å². The third-order valence-corrected chi connectivity index (χ3v) is 3.66. The van der Waals surface area contributed by atoms with E-state index in [1.54, 1.807) is 0 Å². The topological polar surface area (TPSA) is 41.1 Å². The second-order valence-corrected chi connectivity index (χ2v) is 5.02. The molecule has 14 heavy (non-hydrogen) atoms. The van der Waals surface area contributed by atoms with Gasteiger partial charge in [-0.1, -0.05) is 6.92 Å². The average molecular weight is 216 g/mol. The standard InChI is InChI=1S/C10H20N2OS/c1-2-5-11-8-10(13)12-7-9-4-3-6-14-9/h9,11H,2-8H2,1H3,(H,12,13). The lowest BCUT2D eigenvalue weighted by Crippen LogP contribution is -2.37. The third kappa shape index (κ3) is 4.86. The normalized spacial score (nSPS) is 21.1. The van der Waals surface area contributed by atoms with Crippen molar-refractivity contribution in [1.29, 1.82) is 0 Å². The van der Waals surface area contributed by atoms with E-state index < -0.39 is 0 Å². The van der Waals surface area contributed by atoms with Crippen molar-refractivity contribution in [3.63, 3.8) is 0 Å². The molecule has 1 unspecified atom stereocenters. The second-order valence-electron chi connectivity index (χ2n) is 3.62. The monoisotopic (exact) mass is 216 g/mol. The third-order valence-electron chi connectivity index (χ3n) is 2.26. The number of thioether (sulfide) groups is 1. The van der Waals surface area contributed by atoms with E-state index >= 15 is 0 Å². The summed E-state index contributed by atoms with van der Waals surface area (Å²) in [5.41, 5.74) is 0. The zero-order valence-electron chi connectivity index (χ0n) is 8.84. The Morgan fingerprint density at radius 2 is 2.43 bits per heavy atom. The van der Waals surface area contributed by atoms with Gasteiger partial charge in [0.25, 0.3) is 0 Å². The zero-order valence-corrected chi connectivity index (χ0v) is 9.66. The molecule has 0 spiro atoms. The lowest BCUT2D eigenvalue weighted by atomic mass is 10.2. The molecule has 4 heteroatoms. The molecule has 0 bridgehead atoms. The first-order valence-electron chi connectivity index (χ1n) is 5.42. The molecule has 0 radical (unpaired) electrons. The van der Waals surface area contributed by atoms with Gasteiger partial charge in [-0.2, -0.15) is 11.8 Å². The van der Waals surface area contributed by atoms with Gasteiger partial charge in [0, 0.05) is 11.8 Å². The maximum Gasteiger partial charge on any atom is 0.233 e. The molecule has 0 aromatic heterocycles. The van der Waals surface area contributed by atoms with Crippen LogP contribution in [-0.2, 0) is 4.79 Å². The smallest absolute Gasteiger partial charge is 0.233 e. The molecule has 2 N–H and O–H groups in total. The minimum absolute atomic E-state index is 0.131. The van der Waals surface area contributed by atoms with Gasteiger partial charge in [0.05, 0.1) is 6.54 Å². The van der Waals surface area contributed by atoms with E-state index in [0.717, 1.165) is 19.5 Å². The van der Waals surface area contributed by atoms with Crippen molar-refractivity contribution >= 4 is 17.7 Å². The number of nitrogens with one attached hydrogen (secondary N) is 2. The molecule has 1 fully saturated rings. The van der Waals surface area contributed by atoms with Gasteiger partial charge in [0.2, 0.25) is 5.91 Å². The second kappa shape index (κ2) is 7.12. The maximum atomic E-state index is 11.3. The molecule has 1 saturated heterocycles. The summed E-state index contributed by atoms with van der Waals surface area (Å²) in [6, 6.07) is 0. The molecule has 1 atom stereocenters. The van der Waals surface area contributed by atoms with Crippen molar-refractivity contribution in [2.45, 2.75) is 31.4 Å². The van der Waals surface area contributed by atoms with Gasteiger partial charge < -0.3 is 10.6 Å². The summed E-state index contributed by atoms with van der Waals surface area (Å²) in [4.78, 5) is 11.3. The van der Waals surface area contributed by atoms with E-state index in [9.17, 15) is 4.79 Å². The Morgan fingerprint density at radius 3 is 3.07 bits per heavy atom. The summed E-state index contributed by atoms with van der Waals surface area (Å²) in [5.74, 6) is 1.39. The van der Waals surface area contributed by atoms with Crippen molar-refractivity contribution in [2.24, 2.45) is 0 Å². The molecule has 0 aromatic carbocycles. The van der Waals surface area contributed by atoms with Gasteiger partial charge in [0.1, 0.15) is 0 Å². The fourth-order valence-electron chi connectivity index (χ4n) is 1.47. The van der Waals surface area contributed by atoms with Crippen LogP contribution in [0.3, 0.4) is 0 Å². The summed E-state index contributed by atoms with van der Waals surface area (Å²) in [7, 11) is 0. The summed E-state index contributed by atoms with van der Waals surface area (Å²) < 4.78 is 0. The predicted octanol–water partition coefficient (Wildman–Crippen LogP) is 0.998. The van der Waals surface area contributed by atoms with Crippen LogP contribution in [0.1, 0.15) is 26.2 Å². The zero-order chi connectivity index (χ0) is 10.2. The lowest BCUT2D eigenvalue weighted by molar-refractivity contribution is -0.120. The Hall–Kier alpha value is -0.220. The van der Waals surface area contributed by atoms with Crippen LogP contribution < -0.4 is 10.6 Å². The van der Waals surface area contributed by atoms with E-state index in [4.69, 9.17) is 0 Å². The van der Waals surface area contributed by atoms with E-state index in [-0.39, 0.29) is 5.91 Å². The van der Waals surface area contributed by atoms with Gasteiger partial charge in [-0.15, -0.1) is 0 Å². The summed E-state index contributed by atoms with van der Waals surface area (Å²) in [6.45, 7) is 4.33. The number of hydrogen-bond donors (Lipinski definition) is 2. The summed E-state index contributed by atoms with van der Waals surface area (Å²) in [6.07, 6.45) is 3.64. The van der Waals surface area contributed by atoms with Gasteiger partial charge in [0.15, 0.2) is 0 Å². The number of carbonyl (C=O) groups is 1. The van der Waals surface area contributed by atoms with Crippen LogP contribution >= 0.6 is 11.8 Å². The Balaban J connectivity index is 1.96. The van der Waals surface area contributed by atoms with Crippen molar-refractivity contribution in [3.05, 3.63) is 0 Å². The van der Waals surface area contributed by atoms with Gasteiger partial charge in [-0.05, 0) is 31.6 Å². The molecule has 1 rings (SSSR count). The van der Waals surface area contributed by atoms with Crippen LogP contribution in [0.2, 0.25) is 0 Å². The minimum Gasteiger partial charge on any atom is -0.354 e. The van der Waals surface area contributed by atoms with Crippen LogP contribution in [0.5, 0.6) is 0 Å². The average Bonchev–Trinajstić information content (AvgIpc) is 2.68. The molecular weight excluding hydrogens is 196 g/mol. The Morgan fingerprint density at radius 1 is 1.57 bits per heavy atom. The molecular formula is C10H20N2OS. The molecule has 1 heterocycles. The quantitative estimate of drug-likeness (QED) is 0.651. The summed E-state index contributed by atoms with van der Waals surface area (Å²) in [5, 5.41) is 6.71. The van der Waals surface area contributed by atoms with E-state index in [2.05, 4.69) is 17.6 Å². The molecule has 1 aliphatic heterocycles. The molecule has 0 aromatic rings. The van der Waals surface area contributed by atoms with Crippen LogP contribution in [0.15, 0.2) is 0 Å². The molecule has 82 valence electrons. The largest absolute Gasteiger partial charge is 0.354 e. The molecule has 1 amide bonds. The van der Waals surface area contributed by atoms with E-state index in [1.165, 1.54) is 18.6 Å². The highest BCUT2D eigenvalue weighted by molar-refractivity contribution is 8.00.